The fourth-order valence-electron chi connectivity index (χ4n) is 2.83. The van der Waals surface area contributed by atoms with E-state index >= 15 is 0 Å². The Labute approximate surface area is 149 Å². The van der Waals surface area contributed by atoms with Crippen LogP contribution < -0.4 is 15.5 Å². The van der Waals surface area contributed by atoms with Gasteiger partial charge in [-0.25, -0.2) is 0 Å². The van der Waals surface area contributed by atoms with Crippen LogP contribution in [0.2, 0.25) is 0 Å². The Bertz CT molecular complexity index is 778. The smallest absolute Gasteiger partial charge is 0.246 e. The van der Waals surface area contributed by atoms with Gasteiger partial charge < -0.3 is 15.5 Å². The Hall–Kier alpha value is -2.34. The third kappa shape index (κ3) is 3.43. The predicted molar refractivity (Wildman–Crippen MR) is 99.3 cm³/mol. The fourth-order valence-corrected chi connectivity index (χ4v) is 3.25. The van der Waals surface area contributed by atoms with E-state index in [-0.39, 0.29) is 30.8 Å². The molecule has 0 aliphatic carbocycles. The predicted octanol–water partition coefficient (Wildman–Crippen LogP) is 3.62. The summed E-state index contributed by atoms with van der Waals surface area (Å²) >= 11 is 3.46. The summed E-state index contributed by atoms with van der Waals surface area (Å²) < 4.78 is 0.902. The lowest BCUT2D eigenvalue weighted by molar-refractivity contribution is -0.118. The molecule has 0 unspecified atom stereocenters. The highest BCUT2D eigenvalue weighted by molar-refractivity contribution is 9.10. The molecule has 1 aliphatic heterocycles. The monoisotopic (exact) mass is 387 g/mol. The van der Waals surface area contributed by atoms with Crippen LogP contribution in [0.5, 0.6) is 0 Å². The van der Waals surface area contributed by atoms with Crippen molar-refractivity contribution < 1.29 is 9.59 Å². The molecule has 0 saturated carbocycles. The minimum absolute atomic E-state index is 0.0796. The average molecular weight is 388 g/mol. The van der Waals surface area contributed by atoms with E-state index < -0.39 is 0 Å². The van der Waals surface area contributed by atoms with Gasteiger partial charge in [0.15, 0.2) is 0 Å². The van der Waals surface area contributed by atoms with Crippen LogP contribution in [0.15, 0.2) is 53.0 Å². The van der Waals surface area contributed by atoms with Gasteiger partial charge in [0, 0.05) is 22.6 Å². The summed E-state index contributed by atoms with van der Waals surface area (Å²) in [7, 11) is 0. The molecule has 0 saturated heterocycles. The summed E-state index contributed by atoms with van der Waals surface area (Å²) in [5.74, 6) is -0.161. The number of carbonyl (C=O) groups is 2. The van der Waals surface area contributed by atoms with Gasteiger partial charge >= 0.3 is 0 Å². The van der Waals surface area contributed by atoms with Crippen LogP contribution in [0.25, 0.3) is 0 Å². The number of carbonyl (C=O) groups excluding carboxylic acids is 2. The quantitative estimate of drug-likeness (QED) is 0.844. The highest BCUT2D eigenvalue weighted by atomic mass is 79.9. The maximum Gasteiger partial charge on any atom is 0.246 e. The summed E-state index contributed by atoms with van der Waals surface area (Å²) in [4.78, 5) is 26.5. The number of fused-ring (bicyclic) bond motifs is 1. The zero-order chi connectivity index (χ0) is 17.1. The van der Waals surface area contributed by atoms with E-state index in [0.29, 0.717) is 5.69 Å². The first-order chi connectivity index (χ1) is 11.6. The van der Waals surface area contributed by atoms with Crippen LogP contribution in [0.3, 0.4) is 0 Å². The highest BCUT2D eigenvalue weighted by Gasteiger charge is 2.29. The molecule has 2 N–H and O–H groups in total. The van der Waals surface area contributed by atoms with Gasteiger partial charge in [-0.15, -0.1) is 0 Å². The number of para-hydroxylation sites is 3. The Balaban J connectivity index is 1.83. The molecule has 5 nitrogen and oxygen atoms in total. The van der Waals surface area contributed by atoms with Crippen molar-refractivity contribution >= 4 is 44.8 Å². The van der Waals surface area contributed by atoms with Crippen molar-refractivity contribution in [2.75, 3.05) is 22.1 Å². The van der Waals surface area contributed by atoms with Crippen LogP contribution in [-0.4, -0.2) is 24.4 Å². The van der Waals surface area contributed by atoms with E-state index in [4.69, 9.17) is 0 Å². The summed E-state index contributed by atoms with van der Waals surface area (Å²) in [5, 5.41) is 6.01. The van der Waals surface area contributed by atoms with Crippen molar-refractivity contribution in [3.63, 3.8) is 0 Å². The summed E-state index contributed by atoms with van der Waals surface area (Å²) in [6, 6.07) is 14.8. The molecule has 0 bridgehead atoms. The number of hydrogen-bond donors (Lipinski definition) is 2. The summed E-state index contributed by atoms with van der Waals surface area (Å²) in [5.41, 5.74) is 2.26. The number of hydrogen-bond acceptors (Lipinski definition) is 3. The maximum absolute atomic E-state index is 12.8. The van der Waals surface area contributed by atoms with Gasteiger partial charge in [0.05, 0.1) is 17.9 Å². The summed E-state index contributed by atoms with van der Waals surface area (Å²) in [6.45, 7) is 2.04. The Kier molecular flexibility index (Phi) is 4.85. The molecule has 2 aromatic carbocycles. The van der Waals surface area contributed by atoms with Crippen LogP contribution in [0.1, 0.15) is 13.3 Å². The van der Waals surface area contributed by atoms with E-state index in [1.54, 1.807) is 4.90 Å². The molecule has 2 amide bonds. The van der Waals surface area contributed by atoms with Crippen molar-refractivity contribution in [2.45, 2.75) is 19.4 Å². The zero-order valence-electron chi connectivity index (χ0n) is 13.3. The number of halogens is 1. The molecule has 1 atom stereocenters. The van der Waals surface area contributed by atoms with E-state index in [1.807, 2.05) is 55.5 Å². The third-order valence-electron chi connectivity index (χ3n) is 3.93. The van der Waals surface area contributed by atoms with Crippen LogP contribution in [0.4, 0.5) is 17.1 Å². The van der Waals surface area contributed by atoms with Crippen LogP contribution in [0, 0.1) is 0 Å². The van der Waals surface area contributed by atoms with Crippen molar-refractivity contribution in [3.05, 3.63) is 53.0 Å². The van der Waals surface area contributed by atoms with Gasteiger partial charge in [-0.3, -0.25) is 9.59 Å². The number of benzene rings is 2. The second-order valence-electron chi connectivity index (χ2n) is 5.72. The van der Waals surface area contributed by atoms with E-state index in [9.17, 15) is 9.59 Å². The Morgan fingerprint density at radius 2 is 1.96 bits per heavy atom. The number of nitrogens with one attached hydrogen (secondary N) is 2. The van der Waals surface area contributed by atoms with Crippen molar-refractivity contribution in [1.29, 1.82) is 0 Å². The SMILES string of the molecule is C[C@H]1CC(=O)Nc2ccccc2N1C(=O)CNc1ccccc1Br. The number of anilines is 3. The first kappa shape index (κ1) is 16.5. The third-order valence-corrected chi connectivity index (χ3v) is 4.62. The maximum atomic E-state index is 12.8. The van der Waals surface area contributed by atoms with Gasteiger partial charge in [-0.2, -0.15) is 0 Å². The first-order valence-electron chi connectivity index (χ1n) is 7.75. The van der Waals surface area contributed by atoms with E-state index in [1.165, 1.54) is 0 Å². The number of nitrogens with zero attached hydrogens (tertiary/aromatic N) is 1. The van der Waals surface area contributed by atoms with Crippen molar-refractivity contribution in [1.82, 2.24) is 0 Å². The molecule has 0 aromatic heterocycles. The summed E-state index contributed by atoms with van der Waals surface area (Å²) in [6.07, 6.45) is 0.273. The van der Waals surface area contributed by atoms with Crippen molar-refractivity contribution in [2.24, 2.45) is 0 Å². The minimum atomic E-state index is -0.206. The molecule has 124 valence electrons. The number of rotatable bonds is 3. The lowest BCUT2D eigenvalue weighted by Gasteiger charge is -2.28. The van der Waals surface area contributed by atoms with Crippen LogP contribution >= 0.6 is 15.9 Å². The first-order valence-corrected chi connectivity index (χ1v) is 8.55. The van der Waals surface area contributed by atoms with E-state index in [2.05, 4.69) is 26.6 Å². The van der Waals surface area contributed by atoms with Crippen LogP contribution in [-0.2, 0) is 9.59 Å². The average Bonchev–Trinajstić information content (AvgIpc) is 2.68. The van der Waals surface area contributed by atoms with Gasteiger partial charge in [0.25, 0.3) is 0 Å². The molecule has 24 heavy (non-hydrogen) atoms. The number of amides is 2. The van der Waals surface area contributed by atoms with Gasteiger partial charge in [0.1, 0.15) is 0 Å². The Morgan fingerprint density at radius 3 is 2.75 bits per heavy atom. The lowest BCUT2D eigenvalue weighted by atomic mass is 10.1. The molecule has 1 heterocycles. The molecular formula is C18H18BrN3O2. The second-order valence-corrected chi connectivity index (χ2v) is 6.57. The normalized spacial score (nSPS) is 16.8. The molecule has 1 aliphatic rings. The standard InChI is InChI=1S/C18H18BrN3O2/c1-12-10-17(23)21-15-8-4-5-9-16(15)22(12)18(24)11-20-14-7-3-2-6-13(14)19/h2-9,12,20H,10-11H2,1H3,(H,21,23)/t12-/m0/s1. The second kappa shape index (κ2) is 7.05. The fraction of sp³-hybridized carbons (Fsp3) is 0.222. The largest absolute Gasteiger partial charge is 0.375 e. The zero-order valence-corrected chi connectivity index (χ0v) is 14.8. The molecule has 3 rings (SSSR count). The molecule has 2 aromatic rings. The molecule has 6 heteroatoms. The lowest BCUT2D eigenvalue weighted by Crippen LogP contribution is -2.42. The van der Waals surface area contributed by atoms with Gasteiger partial charge in [-0.1, -0.05) is 24.3 Å². The van der Waals surface area contributed by atoms with Crippen molar-refractivity contribution in [3.8, 4) is 0 Å². The topological polar surface area (TPSA) is 61.4 Å². The highest BCUT2D eigenvalue weighted by Crippen LogP contribution is 2.31. The molecule has 0 spiro atoms. The molecule has 0 radical (unpaired) electrons. The molecule has 0 fully saturated rings. The van der Waals surface area contributed by atoms with Gasteiger partial charge in [-0.05, 0) is 47.1 Å². The molecular weight excluding hydrogens is 370 g/mol. The van der Waals surface area contributed by atoms with E-state index in [0.717, 1.165) is 15.8 Å². The Morgan fingerprint density at radius 1 is 1.25 bits per heavy atom. The van der Waals surface area contributed by atoms with Gasteiger partial charge in [0.2, 0.25) is 11.8 Å². The minimum Gasteiger partial charge on any atom is -0.375 e.